The van der Waals surface area contributed by atoms with E-state index in [9.17, 15) is 0 Å². The standard InChI is InChI=1S/C24H23BO2S/c1-23(2)24(3,4)27-25(26-23)17-10-7-9-16(15-17)18-12-8-14-21-22(18)19-11-5-6-13-20(19)28-21/h5-15H,1-4H3/i5D,6D,7D,8D,9D,10D,11D,12D,13D,14D,15D. The van der Waals surface area contributed by atoms with Gasteiger partial charge in [-0.2, -0.15) is 0 Å². The summed E-state index contributed by atoms with van der Waals surface area (Å²) in [7, 11) is -1.23. The molecular weight excluding hydrogens is 363 g/mol. The molecular formula is C24H23BO2S. The van der Waals surface area contributed by atoms with Crippen LogP contribution in [-0.2, 0) is 9.31 Å². The topological polar surface area (TPSA) is 18.5 Å². The van der Waals surface area contributed by atoms with E-state index in [0.29, 0.717) is 0 Å². The average Bonchev–Trinajstić information content (AvgIpc) is 3.35. The normalized spacial score (nSPS) is 23.7. The van der Waals surface area contributed by atoms with Gasteiger partial charge in [-0.3, -0.25) is 0 Å². The first-order valence-corrected chi connectivity index (χ1v) is 9.64. The van der Waals surface area contributed by atoms with Gasteiger partial charge in [0.15, 0.2) is 0 Å². The summed E-state index contributed by atoms with van der Waals surface area (Å²) in [6.45, 7) is 7.16. The molecule has 4 heteroatoms. The molecule has 0 radical (unpaired) electrons. The van der Waals surface area contributed by atoms with E-state index in [-0.39, 0.29) is 48.8 Å². The molecule has 0 amide bonds. The molecule has 4 aromatic rings. The van der Waals surface area contributed by atoms with Crippen molar-refractivity contribution in [2.75, 3.05) is 0 Å². The second-order valence-electron chi connectivity index (χ2n) is 7.64. The van der Waals surface area contributed by atoms with Crippen LogP contribution >= 0.6 is 11.3 Å². The lowest BCUT2D eigenvalue weighted by molar-refractivity contribution is 0.00578. The van der Waals surface area contributed by atoms with Crippen LogP contribution in [0.3, 0.4) is 0 Å². The number of fused-ring (bicyclic) bond motifs is 3. The molecule has 2 nitrogen and oxygen atoms in total. The monoisotopic (exact) mass is 397 g/mol. The maximum absolute atomic E-state index is 9.09. The summed E-state index contributed by atoms with van der Waals surface area (Å²) in [6.07, 6.45) is 0. The Kier molecular flexibility index (Phi) is 2.11. The van der Waals surface area contributed by atoms with Crippen LogP contribution in [0, 0.1) is 0 Å². The van der Waals surface area contributed by atoms with E-state index in [0.717, 1.165) is 11.3 Å². The lowest BCUT2D eigenvalue weighted by Crippen LogP contribution is -2.41. The van der Waals surface area contributed by atoms with Gasteiger partial charge in [0.05, 0.1) is 26.3 Å². The molecule has 0 atom stereocenters. The summed E-state index contributed by atoms with van der Waals surface area (Å²) in [4.78, 5) is 0. The fraction of sp³-hybridized carbons (Fsp3) is 0.250. The van der Waals surface area contributed by atoms with Crippen LogP contribution in [-0.4, -0.2) is 18.3 Å². The van der Waals surface area contributed by atoms with Crippen LogP contribution in [0.1, 0.15) is 42.8 Å². The third-order valence-electron chi connectivity index (χ3n) is 5.33. The zero-order valence-corrected chi connectivity index (χ0v) is 16.6. The van der Waals surface area contributed by atoms with Crippen LogP contribution in [0.5, 0.6) is 0 Å². The van der Waals surface area contributed by atoms with Crippen LogP contribution in [0.4, 0.5) is 0 Å². The number of hydrogen-bond donors (Lipinski definition) is 0. The highest BCUT2D eigenvalue weighted by Gasteiger charge is 2.51. The zero-order valence-electron chi connectivity index (χ0n) is 26.8. The first kappa shape index (κ1) is 9.58. The Morgan fingerprint density at radius 2 is 1.50 bits per heavy atom. The molecule has 1 aliphatic heterocycles. The highest BCUT2D eigenvalue weighted by molar-refractivity contribution is 7.25. The summed E-state index contributed by atoms with van der Waals surface area (Å²) in [6, 6.07) is -5.14. The van der Waals surface area contributed by atoms with Crippen molar-refractivity contribution in [3.63, 3.8) is 0 Å². The molecule has 0 unspecified atom stereocenters. The second kappa shape index (κ2) is 6.18. The van der Waals surface area contributed by atoms with Crippen LogP contribution in [0.25, 0.3) is 31.3 Å². The molecule has 1 aliphatic rings. The molecule has 1 aromatic heterocycles. The van der Waals surface area contributed by atoms with Crippen LogP contribution in [0.15, 0.2) is 66.5 Å². The Hall–Kier alpha value is -2.14. The molecule has 0 N–H and O–H groups in total. The molecule has 0 aliphatic carbocycles. The van der Waals surface area contributed by atoms with E-state index in [2.05, 4.69) is 0 Å². The Bertz CT molecular complexity index is 1730. The van der Waals surface area contributed by atoms with Crippen molar-refractivity contribution in [3.05, 3.63) is 66.5 Å². The van der Waals surface area contributed by atoms with Gasteiger partial charge < -0.3 is 9.31 Å². The Morgan fingerprint density at radius 1 is 0.821 bits per heavy atom. The van der Waals surface area contributed by atoms with E-state index in [1.54, 1.807) is 27.7 Å². The highest BCUT2D eigenvalue weighted by Crippen LogP contribution is 2.40. The van der Waals surface area contributed by atoms with Gasteiger partial charge in [-0.25, -0.2) is 0 Å². The minimum Gasteiger partial charge on any atom is -0.399 e. The van der Waals surface area contributed by atoms with Crippen molar-refractivity contribution < 1.29 is 24.4 Å². The predicted octanol–water partition coefficient (Wildman–Crippen LogP) is 6.02. The van der Waals surface area contributed by atoms with Crippen molar-refractivity contribution in [2.24, 2.45) is 0 Å². The number of rotatable bonds is 2. The molecule has 0 spiro atoms. The highest BCUT2D eigenvalue weighted by atomic mass is 32.1. The van der Waals surface area contributed by atoms with Gasteiger partial charge in [-0.15, -0.1) is 11.3 Å². The van der Waals surface area contributed by atoms with Crippen molar-refractivity contribution >= 4 is 44.1 Å². The molecule has 0 saturated carbocycles. The third-order valence-corrected chi connectivity index (χ3v) is 6.35. The van der Waals surface area contributed by atoms with E-state index >= 15 is 0 Å². The fourth-order valence-electron chi connectivity index (χ4n) is 3.11. The summed E-state index contributed by atoms with van der Waals surface area (Å²) < 4.78 is 106. The molecule has 140 valence electrons. The van der Waals surface area contributed by atoms with Gasteiger partial charge in [0, 0.05) is 20.2 Å². The van der Waals surface area contributed by atoms with Gasteiger partial charge in [0.1, 0.15) is 0 Å². The molecule has 1 fully saturated rings. The van der Waals surface area contributed by atoms with Crippen LogP contribution in [0.2, 0.25) is 0 Å². The summed E-state index contributed by atoms with van der Waals surface area (Å²) in [5.74, 6) is 0. The van der Waals surface area contributed by atoms with Crippen molar-refractivity contribution in [1.29, 1.82) is 0 Å². The minimum absolute atomic E-state index is 0.00969. The molecule has 2 heterocycles. The molecule has 5 rings (SSSR count). The summed E-state index contributed by atoms with van der Waals surface area (Å²) in [5, 5.41) is 0.0439. The molecule has 1 saturated heterocycles. The maximum Gasteiger partial charge on any atom is 0.494 e. The first-order valence-electron chi connectivity index (χ1n) is 14.3. The van der Waals surface area contributed by atoms with E-state index < -0.39 is 72.7 Å². The lowest BCUT2D eigenvalue weighted by atomic mass is 9.78. The fourth-order valence-corrected chi connectivity index (χ4v) is 4.08. The van der Waals surface area contributed by atoms with E-state index in [1.165, 1.54) is 0 Å². The van der Waals surface area contributed by atoms with Crippen molar-refractivity contribution in [3.8, 4) is 11.1 Å². The summed E-state index contributed by atoms with van der Waals surface area (Å²) >= 11 is 0.874. The lowest BCUT2D eigenvalue weighted by Gasteiger charge is -2.32. The van der Waals surface area contributed by atoms with Crippen molar-refractivity contribution in [1.82, 2.24) is 0 Å². The van der Waals surface area contributed by atoms with Gasteiger partial charge in [0.25, 0.3) is 0 Å². The Labute approximate surface area is 185 Å². The van der Waals surface area contributed by atoms with Gasteiger partial charge in [-0.05, 0) is 56.4 Å². The Morgan fingerprint density at radius 3 is 2.29 bits per heavy atom. The SMILES string of the molecule is [2H]c1c([2H])c(B2OC(C)(C)C(C)(C)O2)c([2H])c(-c2c([2H])c([2H])c([2H])c3sc4c([2H])c([2H])c([2H])c([2H])c4c23)c1[2H]. The predicted molar refractivity (Wildman–Crippen MR) is 120 cm³/mol. The average molecular weight is 397 g/mol. The smallest absolute Gasteiger partial charge is 0.399 e. The molecule has 3 aromatic carbocycles. The van der Waals surface area contributed by atoms with E-state index in [1.807, 2.05) is 0 Å². The Balaban J connectivity index is 1.97. The molecule has 28 heavy (non-hydrogen) atoms. The van der Waals surface area contributed by atoms with Crippen LogP contribution < -0.4 is 5.46 Å². The van der Waals surface area contributed by atoms with E-state index in [4.69, 9.17) is 24.4 Å². The molecule has 0 bridgehead atoms. The van der Waals surface area contributed by atoms with Crippen molar-refractivity contribution in [2.45, 2.75) is 38.9 Å². The summed E-state index contributed by atoms with van der Waals surface area (Å²) in [5.41, 5.74) is -2.24. The number of thiophene rings is 1. The third kappa shape index (κ3) is 2.71. The van der Waals surface area contributed by atoms with Gasteiger partial charge >= 0.3 is 7.12 Å². The van der Waals surface area contributed by atoms with Gasteiger partial charge in [-0.1, -0.05) is 54.4 Å². The van der Waals surface area contributed by atoms with Gasteiger partial charge in [0.2, 0.25) is 0 Å². The second-order valence-corrected chi connectivity index (χ2v) is 8.66. The minimum atomic E-state index is -1.23. The number of benzene rings is 3. The first-order chi connectivity index (χ1) is 17.9. The zero-order chi connectivity index (χ0) is 29.1. The quantitative estimate of drug-likeness (QED) is 0.385. The largest absolute Gasteiger partial charge is 0.494 e. The maximum atomic E-state index is 9.09. The number of hydrogen-bond acceptors (Lipinski definition) is 3.